The van der Waals surface area contributed by atoms with E-state index in [9.17, 15) is 18.4 Å². The van der Waals surface area contributed by atoms with Gasteiger partial charge >= 0.3 is 0 Å². The average molecular weight is 327 g/mol. The zero-order valence-electron chi connectivity index (χ0n) is 12.7. The minimum Gasteiger partial charge on any atom is -0.375 e. The number of rotatable bonds is 5. The minimum absolute atomic E-state index is 0.0559. The largest absolute Gasteiger partial charge is 0.375 e. The summed E-state index contributed by atoms with van der Waals surface area (Å²) in [5.41, 5.74) is -0.630. The summed E-state index contributed by atoms with van der Waals surface area (Å²) in [7, 11) is 0. The Hall–Kier alpha value is -2.06. The van der Waals surface area contributed by atoms with Gasteiger partial charge in [0, 0.05) is 19.6 Å². The first-order valence-electron chi connectivity index (χ1n) is 7.35. The van der Waals surface area contributed by atoms with Gasteiger partial charge in [-0.25, -0.2) is 8.78 Å². The van der Waals surface area contributed by atoms with E-state index in [0.717, 1.165) is 12.1 Å². The molecule has 0 spiro atoms. The molecule has 2 rings (SSSR count). The van der Waals surface area contributed by atoms with Gasteiger partial charge in [-0.3, -0.25) is 9.59 Å². The van der Waals surface area contributed by atoms with Gasteiger partial charge in [0.2, 0.25) is 5.91 Å². The van der Waals surface area contributed by atoms with Crippen LogP contribution in [0.15, 0.2) is 18.2 Å². The van der Waals surface area contributed by atoms with Crippen molar-refractivity contribution in [1.82, 2.24) is 16.0 Å². The van der Waals surface area contributed by atoms with Crippen molar-refractivity contribution in [3.63, 3.8) is 0 Å². The maximum Gasteiger partial charge on any atom is 0.257 e. The van der Waals surface area contributed by atoms with Crippen molar-refractivity contribution in [2.24, 2.45) is 0 Å². The summed E-state index contributed by atoms with van der Waals surface area (Å²) >= 11 is 0. The van der Waals surface area contributed by atoms with Crippen molar-refractivity contribution in [2.75, 3.05) is 26.2 Å². The fraction of sp³-hybridized carbons (Fsp3) is 0.467. The van der Waals surface area contributed by atoms with Crippen LogP contribution in [0.4, 0.5) is 8.78 Å². The number of ether oxygens (including phenoxy) is 1. The summed E-state index contributed by atoms with van der Waals surface area (Å²) in [5, 5.41) is 8.04. The molecular formula is C15H19F2N3O3. The van der Waals surface area contributed by atoms with E-state index < -0.39 is 29.1 Å². The van der Waals surface area contributed by atoms with E-state index in [1.54, 1.807) is 6.92 Å². The Bertz CT molecular complexity index is 563. The van der Waals surface area contributed by atoms with Crippen molar-refractivity contribution in [3.05, 3.63) is 35.4 Å². The summed E-state index contributed by atoms with van der Waals surface area (Å²) in [6.45, 7) is 3.13. The first-order valence-corrected chi connectivity index (χ1v) is 7.35. The van der Waals surface area contributed by atoms with Crippen LogP contribution in [0.1, 0.15) is 17.3 Å². The van der Waals surface area contributed by atoms with Crippen LogP contribution in [-0.2, 0) is 9.53 Å². The van der Waals surface area contributed by atoms with Gasteiger partial charge in [0.1, 0.15) is 23.2 Å². The Kier molecular flexibility index (Phi) is 6.00. The van der Waals surface area contributed by atoms with E-state index in [1.165, 1.54) is 6.07 Å². The Morgan fingerprint density at radius 1 is 1.26 bits per heavy atom. The topological polar surface area (TPSA) is 79.5 Å². The molecule has 1 aromatic rings. The molecule has 1 saturated heterocycles. The first-order chi connectivity index (χ1) is 11.0. The number of nitrogens with one attached hydrogen (secondary N) is 3. The molecule has 0 unspecified atom stereocenters. The van der Waals surface area contributed by atoms with Crippen LogP contribution in [-0.4, -0.2) is 50.2 Å². The van der Waals surface area contributed by atoms with Crippen molar-refractivity contribution >= 4 is 11.8 Å². The number of benzene rings is 1. The maximum atomic E-state index is 13.4. The number of carbonyl (C=O) groups excluding carboxylic acids is 2. The number of hydrogen-bond acceptors (Lipinski definition) is 4. The number of hydrogen-bond donors (Lipinski definition) is 3. The average Bonchev–Trinajstić information content (AvgIpc) is 2.51. The lowest BCUT2D eigenvalue weighted by molar-refractivity contribution is -0.128. The van der Waals surface area contributed by atoms with Crippen molar-refractivity contribution in [2.45, 2.75) is 19.1 Å². The Morgan fingerprint density at radius 2 is 1.91 bits per heavy atom. The van der Waals surface area contributed by atoms with Gasteiger partial charge in [-0.15, -0.1) is 0 Å². The Balaban J connectivity index is 1.77. The van der Waals surface area contributed by atoms with Gasteiger partial charge in [0.05, 0.1) is 12.7 Å². The van der Waals surface area contributed by atoms with E-state index in [2.05, 4.69) is 16.0 Å². The molecule has 8 heteroatoms. The number of carbonyl (C=O) groups is 2. The van der Waals surface area contributed by atoms with E-state index in [0.29, 0.717) is 13.2 Å². The SMILES string of the molecule is C[C@H]1OCCN[C@@H]1C(=O)NCCNC(=O)c1c(F)cccc1F. The van der Waals surface area contributed by atoms with E-state index in [4.69, 9.17) is 4.74 Å². The molecule has 0 bridgehead atoms. The smallest absolute Gasteiger partial charge is 0.257 e. The van der Waals surface area contributed by atoms with E-state index in [1.807, 2.05) is 0 Å². The van der Waals surface area contributed by atoms with Gasteiger partial charge in [0.25, 0.3) is 5.91 Å². The Morgan fingerprint density at radius 3 is 2.57 bits per heavy atom. The molecule has 0 aromatic heterocycles. The van der Waals surface area contributed by atoms with Crippen molar-refractivity contribution in [1.29, 1.82) is 0 Å². The van der Waals surface area contributed by atoms with Crippen molar-refractivity contribution in [3.8, 4) is 0 Å². The molecule has 0 saturated carbocycles. The number of halogens is 2. The second-order valence-corrected chi connectivity index (χ2v) is 5.15. The minimum atomic E-state index is -0.927. The van der Waals surface area contributed by atoms with Gasteiger partial charge in [-0.1, -0.05) is 6.07 Å². The quantitative estimate of drug-likeness (QED) is 0.675. The molecule has 1 heterocycles. The molecule has 0 radical (unpaired) electrons. The first kappa shape index (κ1) is 17.3. The highest BCUT2D eigenvalue weighted by atomic mass is 19.1. The van der Waals surface area contributed by atoms with Gasteiger partial charge in [-0.2, -0.15) is 0 Å². The van der Waals surface area contributed by atoms with Crippen molar-refractivity contribution < 1.29 is 23.1 Å². The highest BCUT2D eigenvalue weighted by molar-refractivity contribution is 5.94. The van der Waals surface area contributed by atoms with Crippen LogP contribution in [0.25, 0.3) is 0 Å². The third kappa shape index (κ3) is 4.46. The standard InChI is InChI=1S/C15H19F2N3O3/c1-9-13(18-7-8-23-9)15(22)20-6-5-19-14(21)12-10(16)3-2-4-11(12)17/h2-4,9,13,18H,5-8H2,1H3,(H,19,21)(H,20,22)/t9-,13+/m1/s1. The molecule has 1 aliphatic rings. The van der Waals surface area contributed by atoms with Gasteiger partial charge in [0.15, 0.2) is 0 Å². The normalized spacial score (nSPS) is 20.8. The molecule has 1 fully saturated rings. The summed E-state index contributed by atoms with van der Waals surface area (Å²) < 4.78 is 32.2. The zero-order valence-corrected chi connectivity index (χ0v) is 12.7. The lowest BCUT2D eigenvalue weighted by Crippen LogP contribution is -2.56. The Labute approximate surface area is 132 Å². The lowest BCUT2D eigenvalue weighted by Gasteiger charge is -2.29. The van der Waals surface area contributed by atoms with E-state index in [-0.39, 0.29) is 25.1 Å². The maximum absolute atomic E-state index is 13.4. The molecule has 0 aliphatic carbocycles. The van der Waals surface area contributed by atoms with Crippen LogP contribution < -0.4 is 16.0 Å². The fourth-order valence-electron chi connectivity index (χ4n) is 2.30. The summed E-state index contributed by atoms with van der Waals surface area (Å²) in [4.78, 5) is 23.7. The van der Waals surface area contributed by atoms with Crippen LogP contribution >= 0.6 is 0 Å². The number of amides is 2. The number of morpholine rings is 1. The highest BCUT2D eigenvalue weighted by Gasteiger charge is 2.27. The van der Waals surface area contributed by atoms with Crippen LogP contribution in [0.3, 0.4) is 0 Å². The summed E-state index contributed by atoms with van der Waals surface area (Å²) in [6, 6.07) is 2.75. The molecule has 6 nitrogen and oxygen atoms in total. The van der Waals surface area contributed by atoms with Gasteiger partial charge in [-0.05, 0) is 19.1 Å². The zero-order chi connectivity index (χ0) is 16.8. The van der Waals surface area contributed by atoms with Crippen LogP contribution in [0, 0.1) is 11.6 Å². The van der Waals surface area contributed by atoms with Gasteiger partial charge < -0.3 is 20.7 Å². The predicted octanol–water partition coefficient (Wildman–Crippen LogP) is 0.188. The molecule has 2 atom stereocenters. The summed E-state index contributed by atoms with van der Waals surface area (Å²) in [5.74, 6) is -2.96. The lowest BCUT2D eigenvalue weighted by atomic mass is 10.1. The fourth-order valence-corrected chi connectivity index (χ4v) is 2.30. The van der Waals surface area contributed by atoms with E-state index >= 15 is 0 Å². The molecule has 3 N–H and O–H groups in total. The third-order valence-electron chi connectivity index (χ3n) is 3.50. The second kappa shape index (κ2) is 7.98. The molecule has 1 aromatic carbocycles. The summed E-state index contributed by atoms with van der Waals surface area (Å²) in [6.07, 6.45) is -0.245. The molecule has 23 heavy (non-hydrogen) atoms. The molecule has 2 amide bonds. The third-order valence-corrected chi connectivity index (χ3v) is 3.50. The highest BCUT2D eigenvalue weighted by Crippen LogP contribution is 2.11. The molecule has 126 valence electrons. The monoisotopic (exact) mass is 327 g/mol. The second-order valence-electron chi connectivity index (χ2n) is 5.15. The molecule has 1 aliphatic heterocycles. The van der Waals surface area contributed by atoms with Crippen LogP contribution in [0.2, 0.25) is 0 Å². The predicted molar refractivity (Wildman–Crippen MR) is 78.9 cm³/mol. The molecular weight excluding hydrogens is 308 g/mol. The van der Waals surface area contributed by atoms with Crippen LogP contribution in [0.5, 0.6) is 0 Å².